The van der Waals surface area contributed by atoms with Crippen LogP contribution in [0.4, 0.5) is 0 Å². The van der Waals surface area contributed by atoms with Crippen molar-refractivity contribution in [2.75, 3.05) is 13.1 Å². The molecule has 0 saturated carbocycles. The molecule has 1 saturated heterocycles. The molecule has 0 bridgehead atoms. The molecule has 116 valence electrons. The van der Waals surface area contributed by atoms with Gasteiger partial charge in [-0.25, -0.2) is 4.98 Å². The van der Waals surface area contributed by atoms with Crippen LogP contribution in [-0.4, -0.2) is 33.4 Å². The molecule has 0 N–H and O–H groups in total. The molecule has 22 heavy (non-hydrogen) atoms. The molecular weight excluding hydrogens is 278 g/mol. The van der Waals surface area contributed by atoms with Gasteiger partial charge in [0.2, 0.25) is 5.91 Å². The molecule has 1 amide bonds. The lowest BCUT2D eigenvalue weighted by molar-refractivity contribution is -0.134. The van der Waals surface area contributed by atoms with Crippen LogP contribution in [0.5, 0.6) is 0 Å². The first-order chi connectivity index (χ1) is 10.5. The third-order valence-electron chi connectivity index (χ3n) is 4.27. The number of amides is 1. The first-order valence-corrected chi connectivity index (χ1v) is 7.77. The Morgan fingerprint density at radius 2 is 1.91 bits per heavy atom. The Morgan fingerprint density at radius 3 is 2.64 bits per heavy atom. The molecular formula is C17H21N3O2. The lowest BCUT2D eigenvalue weighted by Crippen LogP contribution is -2.44. The van der Waals surface area contributed by atoms with E-state index in [0.29, 0.717) is 17.4 Å². The first kappa shape index (κ1) is 14.8. The smallest absolute Gasteiger partial charge is 0.269 e. The second-order valence-electron chi connectivity index (χ2n) is 6.42. The van der Waals surface area contributed by atoms with Gasteiger partial charge in [-0.2, -0.15) is 0 Å². The van der Waals surface area contributed by atoms with Gasteiger partial charge in [-0.1, -0.05) is 26.0 Å². The number of hydrogen-bond acceptors (Lipinski definition) is 3. The highest BCUT2D eigenvalue weighted by atomic mass is 16.2. The highest BCUT2D eigenvalue weighted by Gasteiger charge is 2.25. The zero-order valence-corrected chi connectivity index (χ0v) is 13.0. The highest BCUT2D eigenvalue weighted by Crippen LogP contribution is 2.21. The van der Waals surface area contributed by atoms with Gasteiger partial charge in [0.05, 0.1) is 17.2 Å². The minimum absolute atomic E-state index is 0.0110. The number of nitrogens with zero attached hydrogens (tertiary/aromatic N) is 3. The molecule has 0 spiro atoms. The predicted octanol–water partition coefficient (Wildman–Crippen LogP) is 1.90. The van der Waals surface area contributed by atoms with Crippen LogP contribution in [0.15, 0.2) is 35.3 Å². The van der Waals surface area contributed by atoms with Crippen molar-refractivity contribution in [3.63, 3.8) is 0 Å². The molecule has 1 aliphatic rings. The van der Waals surface area contributed by atoms with Gasteiger partial charge in [-0.05, 0) is 30.4 Å². The average Bonchev–Trinajstić information content (AvgIpc) is 2.49. The molecule has 5 heteroatoms. The van der Waals surface area contributed by atoms with Crippen molar-refractivity contribution in [1.29, 1.82) is 0 Å². The molecule has 2 heterocycles. The van der Waals surface area contributed by atoms with E-state index in [4.69, 9.17) is 0 Å². The second kappa shape index (κ2) is 5.91. The fourth-order valence-corrected chi connectivity index (χ4v) is 3.38. The van der Waals surface area contributed by atoms with Crippen molar-refractivity contribution < 1.29 is 4.79 Å². The third kappa shape index (κ3) is 2.89. The molecule has 2 aromatic rings. The number of likely N-dealkylation sites (tertiary alicyclic amines) is 1. The number of piperidine rings is 1. The van der Waals surface area contributed by atoms with Gasteiger partial charge in [0.25, 0.3) is 5.56 Å². The van der Waals surface area contributed by atoms with Crippen LogP contribution in [0.25, 0.3) is 11.0 Å². The topological polar surface area (TPSA) is 55.2 Å². The quantitative estimate of drug-likeness (QED) is 0.851. The van der Waals surface area contributed by atoms with Gasteiger partial charge in [-0.3, -0.25) is 14.2 Å². The number of rotatable bonds is 2. The summed E-state index contributed by atoms with van der Waals surface area (Å²) in [4.78, 5) is 30.7. The molecule has 1 aromatic heterocycles. The summed E-state index contributed by atoms with van der Waals surface area (Å²) in [6.45, 7) is 5.98. The maximum atomic E-state index is 12.6. The summed E-state index contributed by atoms with van der Waals surface area (Å²) in [7, 11) is 0. The van der Waals surface area contributed by atoms with E-state index in [0.717, 1.165) is 25.0 Å². The van der Waals surface area contributed by atoms with E-state index in [1.807, 2.05) is 29.2 Å². The molecule has 0 aliphatic carbocycles. The van der Waals surface area contributed by atoms with Gasteiger partial charge < -0.3 is 4.90 Å². The van der Waals surface area contributed by atoms with Crippen LogP contribution in [0.3, 0.4) is 0 Å². The molecule has 1 fully saturated rings. The number of carbonyl (C=O) groups excluding carboxylic acids is 1. The van der Waals surface area contributed by atoms with E-state index >= 15 is 0 Å². The maximum Gasteiger partial charge on any atom is 0.269 e. The predicted molar refractivity (Wildman–Crippen MR) is 85.5 cm³/mol. The van der Waals surface area contributed by atoms with Crippen LogP contribution in [0.2, 0.25) is 0 Å². The Bertz CT molecular complexity index is 743. The largest absolute Gasteiger partial charge is 0.341 e. The van der Waals surface area contributed by atoms with Gasteiger partial charge in [0.15, 0.2) is 0 Å². The summed E-state index contributed by atoms with van der Waals surface area (Å²) < 4.78 is 1.52. The maximum absolute atomic E-state index is 12.6. The molecule has 1 aliphatic heterocycles. The number of benzene rings is 1. The average molecular weight is 299 g/mol. The first-order valence-electron chi connectivity index (χ1n) is 7.77. The monoisotopic (exact) mass is 299 g/mol. The fraction of sp³-hybridized carbons (Fsp3) is 0.471. The Balaban J connectivity index is 1.88. The normalized spacial score (nSPS) is 22.0. The van der Waals surface area contributed by atoms with E-state index in [9.17, 15) is 9.59 Å². The van der Waals surface area contributed by atoms with E-state index in [-0.39, 0.29) is 18.0 Å². The number of para-hydroxylation sites is 2. The number of aromatic nitrogens is 2. The number of fused-ring (bicyclic) bond motifs is 1. The van der Waals surface area contributed by atoms with Crippen molar-refractivity contribution in [3.8, 4) is 0 Å². The Hall–Kier alpha value is -2.17. The molecule has 5 nitrogen and oxygen atoms in total. The summed E-state index contributed by atoms with van der Waals surface area (Å²) in [6, 6.07) is 7.41. The van der Waals surface area contributed by atoms with E-state index in [1.54, 1.807) is 0 Å². The summed E-state index contributed by atoms with van der Waals surface area (Å²) in [5.41, 5.74) is 1.21. The number of carbonyl (C=O) groups is 1. The van der Waals surface area contributed by atoms with Crippen LogP contribution in [0.1, 0.15) is 20.3 Å². The summed E-state index contributed by atoms with van der Waals surface area (Å²) in [6.07, 6.45) is 2.44. The lowest BCUT2D eigenvalue weighted by atomic mass is 9.92. The summed E-state index contributed by atoms with van der Waals surface area (Å²) in [5, 5.41) is 0. The summed E-state index contributed by atoms with van der Waals surface area (Å²) in [5.74, 6) is 1.04. The highest BCUT2D eigenvalue weighted by molar-refractivity contribution is 5.80. The summed E-state index contributed by atoms with van der Waals surface area (Å²) >= 11 is 0. The van der Waals surface area contributed by atoms with E-state index in [2.05, 4.69) is 18.8 Å². The third-order valence-corrected chi connectivity index (χ3v) is 4.27. The molecule has 0 radical (unpaired) electrons. The minimum atomic E-state index is -0.231. The molecule has 1 aromatic carbocycles. The molecule has 3 rings (SSSR count). The van der Waals surface area contributed by atoms with E-state index in [1.165, 1.54) is 10.8 Å². The van der Waals surface area contributed by atoms with Gasteiger partial charge in [0, 0.05) is 13.1 Å². The molecule has 2 atom stereocenters. The van der Waals surface area contributed by atoms with Gasteiger partial charge in [0.1, 0.15) is 6.54 Å². The minimum Gasteiger partial charge on any atom is -0.341 e. The molecule has 0 unspecified atom stereocenters. The van der Waals surface area contributed by atoms with Crippen molar-refractivity contribution in [1.82, 2.24) is 14.5 Å². The van der Waals surface area contributed by atoms with Crippen molar-refractivity contribution in [3.05, 3.63) is 40.8 Å². The van der Waals surface area contributed by atoms with E-state index < -0.39 is 0 Å². The Morgan fingerprint density at radius 1 is 1.23 bits per heavy atom. The van der Waals surface area contributed by atoms with Crippen LogP contribution < -0.4 is 5.56 Å². The van der Waals surface area contributed by atoms with Crippen molar-refractivity contribution in [2.24, 2.45) is 11.8 Å². The zero-order valence-electron chi connectivity index (χ0n) is 13.0. The van der Waals surface area contributed by atoms with Gasteiger partial charge in [-0.15, -0.1) is 0 Å². The van der Waals surface area contributed by atoms with Crippen LogP contribution >= 0.6 is 0 Å². The second-order valence-corrected chi connectivity index (χ2v) is 6.42. The standard InChI is InChI=1S/C17H21N3O2/c1-12-7-13(2)10-19(9-12)17(22)11-20-15-6-4-3-5-14(15)18-8-16(20)21/h3-6,8,12-13H,7,9-11H2,1-2H3/t12-,13+. The SMILES string of the molecule is C[C@@H]1C[C@H](C)CN(C(=O)Cn2c(=O)cnc3ccccc32)C1. The van der Waals surface area contributed by atoms with Crippen molar-refractivity contribution in [2.45, 2.75) is 26.8 Å². The Labute approximate surface area is 129 Å². The Kier molecular flexibility index (Phi) is 3.96. The van der Waals surface area contributed by atoms with Crippen molar-refractivity contribution >= 4 is 16.9 Å². The fourth-order valence-electron chi connectivity index (χ4n) is 3.38. The number of hydrogen-bond donors (Lipinski definition) is 0. The van der Waals surface area contributed by atoms with Crippen LogP contribution in [-0.2, 0) is 11.3 Å². The lowest BCUT2D eigenvalue weighted by Gasteiger charge is -2.35. The zero-order chi connectivity index (χ0) is 15.7. The van der Waals surface area contributed by atoms with Crippen LogP contribution in [0, 0.1) is 11.8 Å². The van der Waals surface area contributed by atoms with Gasteiger partial charge >= 0.3 is 0 Å².